The minimum atomic E-state index is 0.241. The molecule has 0 saturated heterocycles. The van der Waals surface area contributed by atoms with Crippen LogP contribution >= 0.6 is 23.2 Å². The smallest absolute Gasteiger partial charge is 0.123 e. The van der Waals surface area contributed by atoms with E-state index in [1.165, 1.54) is 0 Å². The lowest BCUT2D eigenvalue weighted by molar-refractivity contribution is 1.22. The fourth-order valence-electron chi connectivity index (χ4n) is 1.70. The molecule has 0 atom stereocenters. The zero-order valence-corrected chi connectivity index (χ0v) is 10.8. The summed E-state index contributed by atoms with van der Waals surface area (Å²) < 4.78 is 0. The Morgan fingerprint density at radius 2 is 2.06 bits per heavy atom. The average molecular weight is 278 g/mol. The van der Waals surface area contributed by atoms with Crippen LogP contribution in [0.2, 0.25) is 10.0 Å². The predicted octanol–water partition coefficient (Wildman–Crippen LogP) is 3.70. The molecule has 90 valence electrons. The van der Waals surface area contributed by atoms with Crippen molar-refractivity contribution >= 4 is 29.0 Å². The van der Waals surface area contributed by atoms with Crippen LogP contribution in [0.4, 0.5) is 5.82 Å². The third-order valence-electron chi connectivity index (χ3n) is 2.52. The van der Waals surface area contributed by atoms with Gasteiger partial charge in [0.15, 0.2) is 0 Å². The van der Waals surface area contributed by atoms with Gasteiger partial charge in [0.25, 0.3) is 0 Å². The molecule has 0 aliphatic rings. The van der Waals surface area contributed by atoms with Gasteiger partial charge in [0.05, 0.1) is 22.5 Å². The zero-order valence-electron chi connectivity index (χ0n) is 9.32. The normalized spacial score (nSPS) is 10.1. The fraction of sp³-hybridized carbons (Fsp3) is 0.0769. The number of hydrogen-bond acceptors (Lipinski definition) is 3. The maximum atomic E-state index is 8.84. The molecule has 0 bridgehead atoms. The molecule has 1 aromatic carbocycles. The summed E-state index contributed by atoms with van der Waals surface area (Å²) in [6, 6.07) is 9.12. The number of nitriles is 1. The van der Waals surface area contributed by atoms with Gasteiger partial charge in [0.1, 0.15) is 5.82 Å². The van der Waals surface area contributed by atoms with Crippen molar-refractivity contribution < 1.29 is 0 Å². The summed E-state index contributed by atoms with van der Waals surface area (Å²) in [5, 5.41) is 9.75. The number of aromatic nitrogens is 1. The first-order valence-corrected chi connectivity index (χ1v) is 5.95. The largest absolute Gasteiger partial charge is 0.384 e. The molecule has 0 unspecified atom stereocenters. The Labute approximate surface area is 115 Å². The van der Waals surface area contributed by atoms with Crippen LogP contribution in [0.15, 0.2) is 30.5 Å². The number of benzene rings is 1. The predicted molar refractivity (Wildman–Crippen MR) is 73.4 cm³/mol. The highest BCUT2D eigenvalue weighted by atomic mass is 35.5. The number of nitrogens with zero attached hydrogens (tertiary/aromatic N) is 2. The molecule has 1 aromatic heterocycles. The lowest BCUT2D eigenvalue weighted by atomic mass is 10.00. The highest BCUT2D eigenvalue weighted by Gasteiger charge is 2.11. The third-order valence-corrected chi connectivity index (χ3v) is 3.34. The number of hydrogen-bond donors (Lipinski definition) is 1. The Balaban J connectivity index is 2.64. The Morgan fingerprint density at radius 1 is 1.28 bits per heavy atom. The number of anilines is 1. The summed E-state index contributed by atoms with van der Waals surface area (Å²) in [5.41, 5.74) is 7.94. The van der Waals surface area contributed by atoms with Crippen LogP contribution in [0.3, 0.4) is 0 Å². The molecule has 1 heterocycles. The summed E-state index contributed by atoms with van der Waals surface area (Å²) in [7, 11) is 0. The van der Waals surface area contributed by atoms with Crippen LogP contribution in [0.25, 0.3) is 11.1 Å². The molecule has 3 nitrogen and oxygen atoms in total. The SMILES string of the molecule is N#CCc1cc(N)ncc1-c1cccc(Cl)c1Cl. The minimum absolute atomic E-state index is 0.241. The van der Waals surface area contributed by atoms with Crippen molar-refractivity contribution in [3.8, 4) is 17.2 Å². The van der Waals surface area contributed by atoms with Crippen molar-refractivity contribution in [3.63, 3.8) is 0 Å². The molecule has 0 aliphatic carbocycles. The van der Waals surface area contributed by atoms with Crippen LogP contribution < -0.4 is 5.73 Å². The number of halogens is 2. The van der Waals surface area contributed by atoms with Gasteiger partial charge in [-0.1, -0.05) is 35.3 Å². The second-order valence-corrected chi connectivity index (χ2v) is 4.49. The number of rotatable bonds is 2. The number of nitrogens with two attached hydrogens (primary N) is 1. The van der Waals surface area contributed by atoms with Crippen molar-refractivity contribution in [1.29, 1.82) is 5.26 Å². The van der Waals surface area contributed by atoms with Crippen LogP contribution in [0.5, 0.6) is 0 Å². The van der Waals surface area contributed by atoms with Gasteiger partial charge in [0, 0.05) is 17.3 Å². The van der Waals surface area contributed by atoms with Crippen molar-refractivity contribution in [2.45, 2.75) is 6.42 Å². The van der Waals surface area contributed by atoms with Crippen molar-refractivity contribution in [3.05, 3.63) is 46.1 Å². The third kappa shape index (κ3) is 2.40. The lowest BCUT2D eigenvalue weighted by Gasteiger charge is -2.10. The second-order valence-electron chi connectivity index (χ2n) is 3.70. The molecular weight excluding hydrogens is 269 g/mol. The van der Waals surface area contributed by atoms with Crippen LogP contribution in [0, 0.1) is 11.3 Å². The average Bonchev–Trinajstić information content (AvgIpc) is 2.34. The van der Waals surface area contributed by atoms with Crippen molar-refractivity contribution in [2.75, 3.05) is 5.73 Å². The van der Waals surface area contributed by atoms with Crippen molar-refractivity contribution in [1.82, 2.24) is 4.98 Å². The lowest BCUT2D eigenvalue weighted by Crippen LogP contribution is -1.96. The van der Waals surface area contributed by atoms with E-state index in [-0.39, 0.29) is 6.42 Å². The van der Waals surface area contributed by atoms with E-state index >= 15 is 0 Å². The Bertz CT molecular complexity index is 633. The van der Waals surface area contributed by atoms with Gasteiger partial charge in [-0.15, -0.1) is 0 Å². The van der Waals surface area contributed by atoms with E-state index in [4.69, 9.17) is 34.2 Å². The van der Waals surface area contributed by atoms with Gasteiger partial charge in [-0.25, -0.2) is 4.98 Å². The van der Waals surface area contributed by atoms with E-state index < -0.39 is 0 Å². The molecule has 0 aliphatic heterocycles. The van der Waals surface area contributed by atoms with E-state index in [1.807, 2.05) is 6.07 Å². The molecule has 2 aromatic rings. The van der Waals surface area contributed by atoms with E-state index in [0.29, 0.717) is 15.9 Å². The van der Waals surface area contributed by atoms with Crippen LogP contribution in [-0.2, 0) is 6.42 Å². The van der Waals surface area contributed by atoms with E-state index in [9.17, 15) is 0 Å². The van der Waals surface area contributed by atoms with E-state index in [2.05, 4.69) is 11.1 Å². The minimum Gasteiger partial charge on any atom is -0.384 e. The first kappa shape index (κ1) is 12.7. The molecule has 2 rings (SSSR count). The topological polar surface area (TPSA) is 62.7 Å². The molecule has 0 fully saturated rings. The van der Waals surface area contributed by atoms with Crippen LogP contribution in [-0.4, -0.2) is 4.98 Å². The summed E-state index contributed by atoms with van der Waals surface area (Å²) >= 11 is 12.1. The number of nitrogen functional groups attached to an aromatic ring is 1. The second kappa shape index (κ2) is 5.26. The van der Waals surface area contributed by atoms with Gasteiger partial charge in [-0.2, -0.15) is 5.26 Å². The fourth-order valence-corrected chi connectivity index (χ4v) is 2.10. The molecule has 0 radical (unpaired) electrons. The molecular formula is C13H9Cl2N3. The molecule has 5 heteroatoms. The maximum Gasteiger partial charge on any atom is 0.123 e. The summed E-state index contributed by atoms with van der Waals surface area (Å²) in [6.45, 7) is 0. The van der Waals surface area contributed by atoms with E-state index in [1.54, 1.807) is 24.4 Å². The molecule has 0 amide bonds. The summed E-state index contributed by atoms with van der Waals surface area (Å²) in [5.74, 6) is 0.377. The highest BCUT2D eigenvalue weighted by Crippen LogP contribution is 2.35. The van der Waals surface area contributed by atoms with Gasteiger partial charge in [-0.05, 0) is 17.7 Å². The van der Waals surface area contributed by atoms with Gasteiger partial charge in [0.2, 0.25) is 0 Å². The Hall–Kier alpha value is -1.76. The monoisotopic (exact) mass is 277 g/mol. The Kier molecular flexibility index (Phi) is 3.71. The zero-order chi connectivity index (χ0) is 13.1. The summed E-state index contributed by atoms with van der Waals surface area (Å²) in [4.78, 5) is 4.04. The van der Waals surface area contributed by atoms with Crippen LogP contribution in [0.1, 0.15) is 5.56 Å². The first-order chi connectivity index (χ1) is 8.63. The first-order valence-electron chi connectivity index (χ1n) is 5.19. The molecule has 0 saturated carbocycles. The molecule has 0 spiro atoms. The maximum absolute atomic E-state index is 8.84. The van der Waals surface area contributed by atoms with Gasteiger partial charge >= 0.3 is 0 Å². The summed E-state index contributed by atoms with van der Waals surface area (Å²) in [6.07, 6.45) is 1.85. The Morgan fingerprint density at radius 3 is 2.78 bits per heavy atom. The van der Waals surface area contributed by atoms with Crippen molar-refractivity contribution in [2.24, 2.45) is 0 Å². The quantitative estimate of drug-likeness (QED) is 0.910. The molecule has 18 heavy (non-hydrogen) atoms. The standard InChI is InChI=1S/C13H9Cl2N3/c14-11-3-1-2-9(13(11)15)10-7-18-12(17)6-8(10)4-5-16/h1-3,6-7H,4H2,(H2,17,18). The number of pyridine rings is 1. The van der Waals surface area contributed by atoms with E-state index in [0.717, 1.165) is 16.7 Å². The van der Waals surface area contributed by atoms with Gasteiger partial charge < -0.3 is 5.73 Å². The highest BCUT2D eigenvalue weighted by molar-refractivity contribution is 6.43. The molecule has 2 N–H and O–H groups in total. The van der Waals surface area contributed by atoms with Gasteiger partial charge in [-0.3, -0.25) is 0 Å².